The van der Waals surface area contributed by atoms with Gasteiger partial charge in [-0.3, -0.25) is 9.59 Å². The Morgan fingerprint density at radius 3 is 2.65 bits per heavy atom. The first kappa shape index (κ1) is 14.0. The largest absolute Gasteiger partial charge is 0.481 e. The molecule has 17 heavy (non-hydrogen) atoms. The summed E-state index contributed by atoms with van der Waals surface area (Å²) in [5.41, 5.74) is 0. The summed E-state index contributed by atoms with van der Waals surface area (Å²) in [6, 6.07) is 0. The molecule has 1 saturated heterocycles. The molecule has 1 fully saturated rings. The lowest BCUT2D eigenvalue weighted by atomic mass is 9.98. The van der Waals surface area contributed by atoms with E-state index in [9.17, 15) is 9.59 Å². The number of likely N-dealkylation sites (N-methyl/N-ethyl adjacent to an activating group) is 1. The zero-order valence-electron chi connectivity index (χ0n) is 10.7. The van der Waals surface area contributed by atoms with Gasteiger partial charge in [-0.25, -0.2) is 0 Å². The van der Waals surface area contributed by atoms with Crippen molar-refractivity contribution in [1.82, 2.24) is 9.80 Å². The van der Waals surface area contributed by atoms with Crippen LogP contribution in [0.3, 0.4) is 0 Å². The lowest BCUT2D eigenvalue weighted by Crippen LogP contribution is -2.45. The Morgan fingerprint density at radius 2 is 2.12 bits per heavy atom. The molecule has 0 radical (unpaired) electrons. The number of carboxylic acids is 1. The SMILES string of the molecule is CCN(CC)CCN1CC(C(=O)O)CCC1=O. The second-order valence-corrected chi connectivity index (χ2v) is 4.44. The predicted molar refractivity (Wildman–Crippen MR) is 64.7 cm³/mol. The van der Waals surface area contributed by atoms with Crippen LogP contribution in [0.1, 0.15) is 26.7 Å². The van der Waals surface area contributed by atoms with Crippen molar-refractivity contribution in [3.63, 3.8) is 0 Å². The van der Waals surface area contributed by atoms with Crippen molar-refractivity contribution in [2.24, 2.45) is 5.92 Å². The Labute approximate surface area is 102 Å². The fourth-order valence-electron chi connectivity index (χ4n) is 2.13. The maximum Gasteiger partial charge on any atom is 0.308 e. The third-order valence-corrected chi connectivity index (χ3v) is 3.43. The molecule has 0 saturated carbocycles. The summed E-state index contributed by atoms with van der Waals surface area (Å²) in [5.74, 6) is -1.08. The zero-order valence-corrected chi connectivity index (χ0v) is 10.7. The van der Waals surface area contributed by atoms with Gasteiger partial charge in [-0.15, -0.1) is 0 Å². The molecule has 1 N–H and O–H groups in total. The number of hydrogen-bond acceptors (Lipinski definition) is 3. The quantitative estimate of drug-likeness (QED) is 0.743. The second-order valence-electron chi connectivity index (χ2n) is 4.44. The minimum atomic E-state index is -0.787. The Bertz CT molecular complexity index is 277. The molecule has 0 aromatic heterocycles. The van der Waals surface area contributed by atoms with E-state index in [-0.39, 0.29) is 11.8 Å². The van der Waals surface area contributed by atoms with Crippen LogP contribution in [0.2, 0.25) is 0 Å². The number of likely N-dealkylation sites (tertiary alicyclic amines) is 1. The van der Waals surface area contributed by atoms with Gasteiger partial charge in [0.1, 0.15) is 0 Å². The smallest absolute Gasteiger partial charge is 0.308 e. The van der Waals surface area contributed by atoms with E-state index < -0.39 is 5.97 Å². The Kier molecular flexibility index (Phi) is 5.41. The lowest BCUT2D eigenvalue weighted by Gasteiger charge is -2.32. The Hall–Kier alpha value is -1.10. The van der Waals surface area contributed by atoms with Crippen molar-refractivity contribution >= 4 is 11.9 Å². The third-order valence-electron chi connectivity index (χ3n) is 3.43. The number of carboxylic acid groups (broad SMARTS) is 1. The first-order valence-corrected chi connectivity index (χ1v) is 6.31. The van der Waals surface area contributed by atoms with E-state index in [1.54, 1.807) is 4.90 Å². The average Bonchev–Trinajstić information content (AvgIpc) is 2.32. The summed E-state index contributed by atoms with van der Waals surface area (Å²) < 4.78 is 0. The minimum absolute atomic E-state index is 0.0923. The van der Waals surface area contributed by atoms with Gasteiger partial charge in [0.25, 0.3) is 0 Å². The van der Waals surface area contributed by atoms with Gasteiger partial charge in [0.05, 0.1) is 5.92 Å². The Balaban J connectivity index is 2.44. The summed E-state index contributed by atoms with van der Waals surface area (Å²) >= 11 is 0. The van der Waals surface area contributed by atoms with Crippen molar-refractivity contribution < 1.29 is 14.7 Å². The highest BCUT2D eigenvalue weighted by atomic mass is 16.4. The molecule has 1 rings (SSSR count). The molecule has 1 heterocycles. The van der Waals surface area contributed by atoms with E-state index in [0.717, 1.165) is 19.6 Å². The predicted octanol–water partition coefficient (Wildman–Crippen LogP) is 0.651. The highest BCUT2D eigenvalue weighted by Gasteiger charge is 2.29. The van der Waals surface area contributed by atoms with E-state index in [1.165, 1.54) is 0 Å². The van der Waals surface area contributed by atoms with E-state index >= 15 is 0 Å². The molecule has 1 atom stereocenters. The molecule has 0 bridgehead atoms. The first-order valence-electron chi connectivity index (χ1n) is 6.31. The molecule has 1 amide bonds. The van der Waals surface area contributed by atoms with Crippen LogP contribution < -0.4 is 0 Å². The van der Waals surface area contributed by atoms with Crippen molar-refractivity contribution in [3.05, 3.63) is 0 Å². The maximum atomic E-state index is 11.7. The van der Waals surface area contributed by atoms with E-state index in [1.807, 2.05) is 0 Å². The van der Waals surface area contributed by atoms with Crippen molar-refractivity contribution in [2.75, 3.05) is 32.7 Å². The van der Waals surface area contributed by atoms with Crippen molar-refractivity contribution in [1.29, 1.82) is 0 Å². The highest BCUT2D eigenvalue weighted by Crippen LogP contribution is 2.17. The molecule has 5 heteroatoms. The zero-order chi connectivity index (χ0) is 12.8. The van der Waals surface area contributed by atoms with E-state index in [4.69, 9.17) is 5.11 Å². The first-order chi connectivity index (χ1) is 8.08. The summed E-state index contributed by atoms with van der Waals surface area (Å²) in [4.78, 5) is 26.5. The fraction of sp³-hybridized carbons (Fsp3) is 0.833. The third kappa shape index (κ3) is 4.00. The standard InChI is InChI=1S/C12H22N2O3/c1-3-13(4-2)7-8-14-9-10(12(16)17)5-6-11(14)15/h10H,3-9H2,1-2H3,(H,16,17). The summed E-state index contributed by atoms with van der Waals surface area (Å²) in [6.45, 7) is 7.93. The molecule has 1 aliphatic heterocycles. The number of piperidine rings is 1. The van der Waals surface area contributed by atoms with Crippen molar-refractivity contribution in [3.8, 4) is 0 Å². The van der Waals surface area contributed by atoms with Gasteiger partial charge in [0.2, 0.25) is 5.91 Å². The monoisotopic (exact) mass is 242 g/mol. The molecule has 98 valence electrons. The van der Waals surface area contributed by atoms with Crippen LogP contribution in [0.4, 0.5) is 0 Å². The molecule has 0 spiro atoms. The number of aliphatic carboxylic acids is 1. The highest BCUT2D eigenvalue weighted by molar-refractivity contribution is 5.80. The number of hydrogen-bond donors (Lipinski definition) is 1. The Morgan fingerprint density at radius 1 is 1.47 bits per heavy atom. The summed E-state index contributed by atoms with van der Waals surface area (Å²) in [6.07, 6.45) is 0.852. The van der Waals surface area contributed by atoms with Gasteiger partial charge in [-0.2, -0.15) is 0 Å². The van der Waals surface area contributed by atoms with Gasteiger partial charge in [0.15, 0.2) is 0 Å². The average molecular weight is 242 g/mol. The molecule has 0 aliphatic carbocycles. The molecular weight excluding hydrogens is 220 g/mol. The van der Waals surface area contributed by atoms with Crippen molar-refractivity contribution in [2.45, 2.75) is 26.7 Å². The van der Waals surface area contributed by atoms with Crippen LogP contribution >= 0.6 is 0 Å². The van der Waals surface area contributed by atoms with Crippen LogP contribution in [0.5, 0.6) is 0 Å². The number of rotatable bonds is 6. The van der Waals surface area contributed by atoms with Gasteiger partial charge >= 0.3 is 5.97 Å². The van der Waals surface area contributed by atoms with E-state index in [2.05, 4.69) is 18.7 Å². The second kappa shape index (κ2) is 6.59. The number of amides is 1. The molecule has 0 aromatic rings. The van der Waals surface area contributed by atoms with Gasteiger partial charge in [-0.1, -0.05) is 13.8 Å². The summed E-state index contributed by atoms with van der Waals surface area (Å²) in [5, 5.41) is 8.96. The number of carbonyl (C=O) groups is 2. The molecular formula is C12H22N2O3. The summed E-state index contributed by atoms with van der Waals surface area (Å²) in [7, 11) is 0. The molecule has 1 aliphatic rings. The van der Waals surface area contributed by atoms with E-state index in [0.29, 0.717) is 25.9 Å². The van der Waals surface area contributed by atoms with Crippen LogP contribution in [-0.4, -0.2) is 59.5 Å². The lowest BCUT2D eigenvalue weighted by molar-refractivity contribution is -0.147. The van der Waals surface area contributed by atoms with Crippen LogP contribution in [0.25, 0.3) is 0 Å². The normalized spacial score (nSPS) is 21.0. The van der Waals surface area contributed by atoms with Gasteiger partial charge < -0.3 is 14.9 Å². The van der Waals surface area contributed by atoms with Crippen LogP contribution in [0.15, 0.2) is 0 Å². The molecule has 5 nitrogen and oxygen atoms in total. The van der Waals surface area contributed by atoms with Crippen LogP contribution in [-0.2, 0) is 9.59 Å². The topological polar surface area (TPSA) is 60.9 Å². The maximum absolute atomic E-state index is 11.7. The van der Waals surface area contributed by atoms with Gasteiger partial charge in [-0.05, 0) is 19.5 Å². The number of carbonyl (C=O) groups excluding carboxylic acids is 1. The van der Waals surface area contributed by atoms with Gasteiger partial charge in [0, 0.05) is 26.1 Å². The number of nitrogens with zero attached hydrogens (tertiary/aromatic N) is 2. The minimum Gasteiger partial charge on any atom is -0.481 e. The fourth-order valence-corrected chi connectivity index (χ4v) is 2.13. The molecule has 0 aromatic carbocycles. The molecule has 1 unspecified atom stereocenters. The van der Waals surface area contributed by atoms with Crippen LogP contribution in [0, 0.1) is 5.92 Å².